The second-order valence-electron chi connectivity index (χ2n) is 6.05. The van der Waals surface area contributed by atoms with Crippen LogP contribution in [0.2, 0.25) is 5.02 Å². The zero-order valence-electron chi connectivity index (χ0n) is 13.6. The maximum Gasteiger partial charge on any atom is 0.168 e. The molecule has 0 bridgehead atoms. The second kappa shape index (κ2) is 7.45. The van der Waals surface area contributed by atoms with Gasteiger partial charge in [-0.15, -0.1) is 0 Å². The molecule has 0 amide bonds. The molecule has 2 aromatic rings. The molecule has 3 rings (SSSR count). The lowest BCUT2D eigenvalue weighted by molar-refractivity contribution is 0.0991. The molecule has 132 valence electrons. The Morgan fingerprint density at radius 1 is 1.36 bits per heavy atom. The molecule has 0 spiro atoms. The summed E-state index contributed by atoms with van der Waals surface area (Å²) in [6.07, 6.45) is 3.35. The monoisotopic (exact) mass is 366 g/mol. The van der Waals surface area contributed by atoms with E-state index in [-0.39, 0.29) is 17.2 Å². The van der Waals surface area contributed by atoms with Crippen LogP contribution in [0.3, 0.4) is 0 Å². The Morgan fingerprint density at radius 2 is 2.16 bits per heavy atom. The van der Waals surface area contributed by atoms with E-state index in [1.165, 1.54) is 13.1 Å². The first-order chi connectivity index (χ1) is 12.0. The summed E-state index contributed by atoms with van der Waals surface area (Å²) in [7, 11) is 0. The minimum absolute atomic E-state index is 0.0459. The number of nitrogens with zero attached hydrogens (tertiary/aromatic N) is 1. The fourth-order valence-corrected chi connectivity index (χ4v) is 3.21. The predicted molar refractivity (Wildman–Crippen MR) is 90.0 cm³/mol. The number of pyridine rings is 1. The predicted octanol–water partition coefficient (Wildman–Crippen LogP) is 3.95. The lowest BCUT2D eigenvalue weighted by atomic mass is 9.95. The van der Waals surface area contributed by atoms with Crippen LogP contribution in [-0.4, -0.2) is 23.9 Å². The van der Waals surface area contributed by atoms with E-state index in [1.807, 2.05) is 0 Å². The van der Waals surface area contributed by atoms with Gasteiger partial charge in [0.25, 0.3) is 0 Å². The van der Waals surface area contributed by atoms with Crippen molar-refractivity contribution >= 4 is 17.4 Å². The summed E-state index contributed by atoms with van der Waals surface area (Å²) in [4.78, 5) is 15.9. The highest BCUT2D eigenvalue weighted by Crippen LogP contribution is 2.36. The van der Waals surface area contributed by atoms with Gasteiger partial charge in [0.2, 0.25) is 0 Å². The van der Waals surface area contributed by atoms with Gasteiger partial charge in [-0.3, -0.25) is 9.78 Å². The molecule has 1 fully saturated rings. The topological polar surface area (TPSA) is 51.2 Å². The van der Waals surface area contributed by atoms with Crippen molar-refractivity contribution in [3.63, 3.8) is 0 Å². The number of ether oxygens (including phenoxy) is 1. The zero-order valence-corrected chi connectivity index (χ0v) is 14.3. The second-order valence-corrected chi connectivity index (χ2v) is 6.48. The molecule has 4 nitrogen and oxygen atoms in total. The Balaban J connectivity index is 2.03. The lowest BCUT2D eigenvalue weighted by Gasteiger charge is -2.26. The third-order valence-corrected chi connectivity index (χ3v) is 4.42. The average Bonchev–Trinajstić information content (AvgIpc) is 3.07. The van der Waals surface area contributed by atoms with Crippen molar-refractivity contribution in [3.8, 4) is 5.75 Å². The molecule has 1 aromatic heterocycles. The van der Waals surface area contributed by atoms with Gasteiger partial charge in [-0.1, -0.05) is 11.6 Å². The fourth-order valence-electron chi connectivity index (χ4n) is 3.02. The third-order valence-electron chi connectivity index (χ3n) is 4.21. The molecule has 25 heavy (non-hydrogen) atoms. The van der Waals surface area contributed by atoms with Crippen LogP contribution in [0.5, 0.6) is 5.75 Å². The lowest BCUT2D eigenvalue weighted by Crippen LogP contribution is -2.23. The molecule has 1 aliphatic heterocycles. The number of carbonyl (C=O) groups excluding carboxylic acids is 1. The highest BCUT2D eigenvalue weighted by atomic mass is 35.5. The van der Waals surface area contributed by atoms with E-state index in [0.717, 1.165) is 19.0 Å². The van der Waals surface area contributed by atoms with Crippen LogP contribution in [0, 0.1) is 17.6 Å². The molecule has 1 aromatic carbocycles. The molecule has 0 radical (unpaired) electrons. The molecule has 0 aliphatic carbocycles. The molecule has 1 N–H and O–H groups in total. The number of rotatable bonds is 5. The van der Waals surface area contributed by atoms with Gasteiger partial charge >= 0.3 is 0 Å². The summed E-state index contributed by atoms with van der Waals surface area (Å²) in [5, 5.41) is 3.66. The number of ketones is 1. The number of nitrogens with one attached hydrogen (secondary N) is 1. The van der Waals surface area contributed by atoms with E-state index in [4.69, 9.17) is 16.3 Å². The van der Waals surface area contributed by atoms with Crippen LogP contribution in [0.1, 0.15) is 35.4 Å². The van der Waals surface area contributed by atoms with E-state index < -0.39 is 23.5 Å². The summed E-state index contributed by atoms with van der Waals surface area (Å²) in [6, 6.07) is 3.40. The average molecular weight is 367 g/mol. The normalized spacial score (nSPS) is 18.2. The molecule has 1 aliphatic rings. The minimum Gasteiger partial charge on any atom is -0.481 e. The number of hydrogen-bond donors (Lipinski definition) is 1. The van der Waals surface area contributed by atoms with Gasteiger partial charge in [0.05, 0.1) is 10.6 Å². The summed E-state index contributed by atoms with van der Waals surface area (Å²) in [5.74, 6) is -2.40. The first-order valence-corrected chi connectivity index (χ1v) is 8.31. The molecular weight excluding hydrogens is 350 g/mol. The van der Waals surface area contributed by atoms with Gasteiger partial charge in [-0.05, 0) is 32.0 Å². The Labute approximate surface area is 149 Å². The molecule has 2 heterocycles. The van der Waals surface area contributed by atoms with Crippen LogP contribution >= 0.6 is 11.6 Å². The van der Waals surface area contributed by atoms with E-state index in [2.05, 4.69) is 10.3 Å². The summed E-state index contributed by atoms with van der Waals surface area (Å²) in [6.45, 7) is 2.73. The maximum atomic E-state index is 14.3. The Kier molecular flexibility index (Phi) is 5.30. The summed E-state index contributed by atoms with van der Waals surface area (Å²) < 4.78 is 33.8. The first-order valence-electron chi connectivity index (χ1n) is 7.93. The molecule has 0 unspecified atom stereocenters. The largest absolute Gasteiger partial charge is 0.481 e. The van der Waals surface area contributed by atoms with E-state index in [1.54, 1.807) is 12.3 Å². The fraction of sp³-hybridized carbons (Fsp3) is 0.333. The number of Topliss-reactive ketones (excluding diaryl/α,β-unsaturated/α-hetero) is 1. The highest BCUT2D eigenvalue weighted by molar-refractivity contribution is 6.30. The van der Waals surface area contributed by atoms with Gasteiger partial charge in [0, 0.05) is 36.5 Å². The van der Waals surface area contributed by atoms with E-state index in [9.17, 15) is 13.6 Å². The number of carbonyl (C=O) groups is 1. The van der Waals surface area contributed by atoms with Crippen molar-refractivity contribution in [2.75, 3.05) is 13.1 Å². The van der Waals surface area contributed by atoms with Gasteiger partial charge in [0.15, 0.2) is 17.3 Å². The molecule has 1 saturated heterocycles. The molecule has 0 saturated carbocycles. The SMILES string of the molecule is CC(=O)c1cc(F)cc(F)c1O[C@H](c1cncc(Cl)c1)[C@@H]1CCNC1. The first kappa shape index (κ1) is 17.8. The van der Waals surface area contributed by atoms with Crippen molar-refractivity contribution in [2.45, 2.75) is 19.4 Å². The number of hydrogen-bond acceptors (Lipinski definition) is 4. The van der Waals surface area contributed by atoms with Crippen molar-refractivity contribution < 1.29 is 18.3 Å². The number of benzene rings is 1. The maximum absolute atomic E-state index is 14.3. The van der Waals surface area contributed by atoms with Gasteiger partial charge in [-0.2, -0.15) is 0 Å². The van der Waals surface area contributed by atoms with Gasteiger partial charge in [0.1, 0.15) is 11.9 Å². The molecule has 2 atom stereocenters. The summed E-state index contributed by atoms with van der Waals surface area (Å²) in [5.41, 5.74) is 0.558. The van der Waals surface area contributed by atoms with E-state index in [0.29, 0.717) is 23.2 Å². The van der Waals surface area contributed by atoms with Crippen molar-refractivity contribution in [1.82, 2.24) is 10.3 Å². The quantitative estimate of drug-likeness (QED) is 0.814. The summed E-state index contributed by atoms with van der Waals surface area (Å²) >= 11 is 6.02. The van der Waals surface area contributed by atoms with Crippen LogP contribution in [0.4, 0.5) is 8.78 Å². The van der Waals surface area contributed by atoms with Crippen LogP contribution in [-0.2, 0) is 0 Å². The smallest absolute Gasteiger partial charge is 0.168 e. The Hall–Kier alpha value is -2.05. The molecule has 7 heteroatoms. The van der Waals surface area contributed by atoms with Crippen molar-refractivity contribution in [3.05, 3.63) is 58.4 Å². The van der Waals surface area contributed by atoms with Gasteiger partial charge < -0.3 is 10.1 Å². The van der Waals surface area contributed by atoms with Crippen molar-refractivity contribution in [1.29, 1.82) is 0 Å². The van der Waals surface area contributed by atoms with Crippen LogP contribution in [0.15, 0.2) is 30.6 Å². The van der Waals surface area contributed by atoms with Crippen LogP contribution in [0.25, 0.3) is 0 Å². The number of aromatic nitrogens is 1. The zero-order chi connectivity index (χ0) is 18.0. The minimum atomic E-state index is -0.906. The Morgan fingerprint density at radius 3 is 2.80 bits per heavy atom. The van der Waals surface area contributed by atoms with Crippen molar-refractivity contribution in [2.24, 2.45) is 5.92 Å². The third kappa shape index (κ3) is 3.96. The standard InChI is InChI=1S/C18H17ClF2N2O2/c1-10(24)15-5-14(20)6-16(21)18(15)25-17(11-2-3-22-7-11)12-4-13(19)9-23-8-12/h4-6,8-9,11,17,22H,2-3,7H2,1H3/t11-,17+/m1/s1. The van der Waals surface area contributed by atoms with Crippen LogP contribution < -0.4 is 10.1 Å². The van der Waals surface area contributed by atoms with Gasteiger partial charge in [-0.25, -0.2) is 8.78 Å². The number of halogens is 3. The Bertz CT molecular complexity index is 795. The molecular formula is C18H17ClF2N2O2. The van der Waals surface area contributed by atoms with E-state index >= 15 is 0 Å². The highest BCUT2D eigenvalue weighted by Gasteiger charge is 2.30.